The second-order valence-electron chi connectivity index (χ2n) is 10.6. The van der Waals surface area contributed by atoms with Crippen LogP contribution < -0.4 is 99.5 Å². The Hall–Kier alpha value is -2.63. The molecule has 15 nitrogen and oxygen atoms in total. The minimum atomic E-state index is -5.26. The molecule has 21 heteroatoms. The molecule has 0 radical (unpaired) electrons. The molecule has 2 aliphatic rings. The van der Waals surface area contributed by atoms with Crippen molar-refractivity contribution in [1.82, 2.24) is 0 Å². The van der Waals surface area contributed by atoms with Crippen LogP contribution in [0.3, 0.4) is 0 Å². The molecule has 4 aromatic rings. The van der Waals surface area contributed by atoms with Crippen molar-refractivity contribution in [1.29, 1.82) is 0 Å². The number of nitrogens with zero attached hydrogens (tertiary/aromatic N) is 2. The Bertz CT molecular complexity index is 2590. The molecular formula is C32H19N4Na3O11S3. The van der Waals surface area contributed by atoms with Gasteiger partial charge >= 0.3 is 88.7 Å². The molecule has 53 heavy (non-hydrogen) atoms. The largest absolute Gasteiger partial charge is 1.00 e. The van der Waals surface area contributed by atoms with E-state index < -0.39 is 67.9 Å². The molecule has 0 atom stereocenters. The van der Waals surface area contributed by atoms with E-state index in [9.17, 15) is 48.5 Å². The van der Waals surface area contributed by atoms with Crippen LogP contribution in [-0.2, 0) is 35.1 Å². The Morgan fingerprint density at radius 3 is 1.43 bits per heavy atom. The quantitative estimate of drug-likeness (QED) is 0.0958. The van der Waals surface area contributed by atoms with Gasteiger partial charge in [-0.05, 0) is 70.8 Å². The minimum Gasteiger partial charge on any atom is -0.744 e. The Morgan fingerprint density at radius 2 is 0.962 bits per heavy atom. The molecule has 0 heterocycles. The molecule has 4 aromatic carbocycles. The number of ketones is 2. The maximum atomic E-state index is 13.2. The average molecular weight is 801 g/mol. The van der Waals surface area contributed by atoms with Gasteiger partial charge < -0.3 is 13.7 Å². The average Bonchev–Trinajstić information content (AvgIpc) is 3.06. The molecule has 0 spiro atoms. The topological polar surface area (TPSA) is 255 Å². The van der Waals surface area contributed by atoms with Crippen molar-refractivity contribution in [3.8, 4) is 11.1 Å². The summed E-state index contributed by atoms with van der Waals surface area (Å²) in [4.78, 5) is 23.3. The van der Waals surface area contributed by atoms with Crippen LogP contribution in [0.5, 0.6) is 0 Å². The van der Waals surface area contributed by atoms with Gasteiger partial charge in [0.25, 0.3) is 0 Å². The van der Waals surface area contributed by atoms with Gasteiger partial charge in [0.15, 0.2) is 0 Å². The van der Waals surface area contributed by atoms with Crippen molar-refractivity contribution in [3.05, 3.63) is 118 Å². The van der Waals surface area contributed by atoms with Crippen molar-refractivity contribution >= 4 is 76.9 Å². The molecule has 0 aromatic heterocycles. The summed E-state index contributed by atoms with van der Waals surface area (Å²) in [5, 5.41) is 7.88. The molecule has 0 fully saturated rings. The number of hydrogen-bond donors (Lipinski definition) is 2. The van der Waals surface area contributed by atoms with Crippen LogP contribution >= 0.6 is 0 Å². The van der Waals surface area contributed by atoms with E-state index in [1.165, 1.54) is 36.4 Å². The number of fused-ring (bicyclic) bond motifs is 2. The zero-order valence-corrected chi connectivity index (χ0v) is 36.4. The van der Waals surface area contributed by atoms with Crippen molar-refractivity contribution in [2.45, 2.75) is 9.79 Å². The number of Topliss-reactive ketones (excluding diaryl/α,β-unsaturated/α-hetero) is 1. The first-order valence-electron chi connectivity index (χ1n) is 14.0. The Labute approximate surface area is 369 Å². The van der Waals surface area contributed by atoms with E-state index in [0.29, 0.717) is 22.4 Å². The second-order valence-corrected chi connectivity index (χ2v) is 14.7. The van der Waals surface area contributed by atoms with Gasteiger partial charge in [0.1, 0.15) is 41.8 Å². The number of carbonyl (C=O) groups excluding carboxylic acids is 2. The third-order valence-corrected chi connectivity index (χ3v) is 10.1. The van der Waals surface area contributed by atoms with Crippen LogP contribution in [-0.4, -0.2) is 61.9 Å². The van der Waals surface area contributed by atoms with Gasteiger partial charge in [-0.3, -0.25) is 20.4 Å². The Balaban J connectivity index is 0.00000252. The first-order chi connectivity index (χ1) is 23.5. The number of allylic oxidation sites excluding steroid dienone is 2. The van der Waals surface area contributed by atoms with Crippen molar-refractivity contribution < 1.29 is 137 Å². The third kappa shape index (κ3) is 9.79. The fraction of sp³-hybridized carbons (Fsp3) is 0. The van der Waals surface area contributed by atoms with E-state index >= 15 is 0 Å². The zero-order chi connectivity index (χ0) is 36.0. The minimum absolute atomic E-state index is 0. The summed E-state index contributed by atoms with van der Waals surface area (Å²) in [5.74, 6) is -1.85. The van der Waals surface area contributed by atoms with Crippen LogP contribution in [0.4, 0.5) is 11.4 Å². The van der Waals surface area contributed by atoms with Crippen LogP contribution in [0.1, 0.15) is 27.0 Å². The monoisotopic (exact) mass is 800 g/mol. The number of carbonyl (C=O) groups is 2. The van der Waals surface area contributed by atoms with Gasteiger partial charge in [0.2, 0.25) is 11.6 Å². The fourth-order valence-electron chi connectivity index (χ4n) is 5.20. The maximum Gasteiger partial charge on any atom is 1.00 e. The molecule has 2 aliphatic carbocycles. The molecular weight excluding hydrogens is 782 g/mol. The number of anilines is 2. The van der Waals surface area contributed by atoms with E-state index in [-0.39, 0.29) is 111 Å². The van der Waals surface area contributed by atoms with Gasteiger partial charge in [-0.25, -0.2) is 25.3 Å². The maximum absolute atomic E-state index is 13.2. The summed E-state index contributed by atoms with van der Waals surface area (Å²) in [6.07, 6.45) is 3.38. The molecule has 0 aliphatic heterocycles. The molecule has 0 saturated carbocycles. The Morgan fingerprint density at radius 1 is 0.509 bits per heavy atom. The predicted molar refractivity (Wildman–Crippen MR) is 178 cm³/mol. The number of hydrazone groups is 2. The van der Waals surface area contributed by atoms with E-state index in [1.54, 1.807) is 42.5 Å². The molecule has 2 N–H and O–H groups in total. The van der Waals surface area contributed by atoms with Gasteiger partial charge in [0.05, 0.1) is 26.1 Å². The van der Waals surface area contributed by atoms with Crippen LogP contribution in [0.15, 0.2) is 116 Å². The smallest absolute Gasteiger partial charge is 0.744 e. The summed E-state index contributed by atoms with van der Waals surface area (Å²) in [6.45, 7) is 0. The fourth-order valence-corrected chi connectivity index (χ4v) is 7.26. The number of benzene rings is 4. The zero-order valence-electron chi connectivity index (χ0n) is 27.9. The number of hydrogen-bond acceptors (Lipinski definition) is 15. The first-order valence-corrected chi connectivity index (χ1v) is 18.3. The van der Waals surface area contributed by atoms with E-state index in [2.05, 4.69) is 21.1 Å². The molecule has 0 unspecified atom stereocenters. The third-order valence-electron chi connectivity index (χ3n) is 7.47. The summed E-state index contributed by atoms with van der Waals surface area (Å²) in [6, 6.07) is 20.2. The summed E-state index contributed by atoms with van der Waals surface area (Å²) < 4.78 is 107. The van der Waals surface area contributed by atoms with Crippen LogP contribution in [0.2, 0.25) is 0 Å². The molecule has 0 saturated heterocycles. The van der Waals surface area contributed by atoms with E-state index in [0.717, 1.165) is 24.3 Å². The Kier molecular flexibility index (Phi) is 14.7. The SMILES string of the molecule is O=C1C=Cc2cccc(S(=O)(=O)[O-])c2/C1=N/Nc1ccc(-c2ccc(N/N=C3/C(=O)c4c(cccc4S(=O)(=O)[O-])C=C3S(=O)(=O)[O-])cc2)cc1.[Na+].[Na+].[Na+]. The van der Waals surface area contributed by atoms with E-state index in [1.807, 2.05) is 0 Å². The standard InChI is InChI=1S/C32H22N4O11S3.3Na/c37-24-16-11-20-3-1-5-25(48(39,40)41)28(20)30(24)35-33-22-12-7-18(8-13-22)19-9-14-23(15-10-19)34-36-31-27(50(45,46)47)17-21-4-2-6-26(49(42,43)44)29(21)32(31)38;;;/h1-17,33-34H,(H,39,40,41)(H,42,43,44)(H,45,46,47);;;/q;3*+1/p-3/b35-30+,36-31+;;;. The van der Waals surface area contributed by atoms with Crippen molar-refractivity contribution in [3.63, 3.8) is 0 Å². The van der Waals surface area contributed by atoms with Crippen LogP contribution in [0.25, 0.3) is 23.3 Å². The molecule has 0 amide bonds. The van der Waals surface area contributed by atoms with Crippen LogP contribution in [0, 0.1) is 0 Å². The number of rotatable bonds is 8. The second kappa shape index (κ2) is 17.4. The van der Waals surface area contributed by atoms with Gasteiger partial charge in [0, 0.05) is 11.1 Å². The van der Waals surface area contributed by atoms with Crippen molar-refractivity contribution in [2.24, 2.45) is 10.2 Å². The molecule has 254 valence electrons. The van der Waals surface area contributed by atoms with E-state index in [4.69, 9.17) is 0 Å². The summed E-state index contributed by atoms with van der Waals surface area (Å²) >= 11 is 0. The van der Waals surface area contributed by atoms with Gasteiger partial charge in [-0.15, -0.1) is 0 Å². The molecule has 0 bridgehead atoms. The molecule has 6 rings (SSSR count). The number of nitrogens with one attached hydrogen (secondary N) is 2. The van der Waals surface area contributed by atoms with Gasteiger partial charge in [-0.2, -0.15) is 10.2 Å². The first kappa shape index (κ1) is 44.8. The normalized spacial score (nSPS) is 15.3. The summed E-state index contributed by atoms with van der Waals surface area (Å²) in [7, 11) is -15.3. The van der Waals surface area contributed by atoms with Crippen molar-refractivity contribution in [2.75, 3.05) is 10.9 Å². The predicted octanol–water partition coefficient (Wildman–Crippen LogP) is -5.86. The summed E-state index contributed by atoms with van der Waals surface area (Å²) in [5.41, 5.74) is 5.46. The van der Waals surface area contributed by atoms with Gasteiger partial charge in [-0.1, -0.05) is 54.6 Å².